The van der Waals surface area contributed by atoms with Crippen molar-refractivity contribution in [3.05, 3.63) is 0 Å². The Bertz CT molecular complexity index is 305. The topological polar surface area (TPSA) is 49.3 Å². The molecule has 3 nitrogen and oxygen atoms in total. The van der Waals surface area contributed by atoms with E-state index in [-0.39, 0.29) is 5.92 Å². The lowest BCUT2D eigenvalue weighted by atomic mass is 9.88. The first kappa shape index (κ1) is 14.8. The zero-order valence-electron chi connectivity index (χ0n) is 12.4. The minimum atomic E-state index is -0.664. The number of carbonyl (C=O) groups is 1. The molecule has 0 spiro atoms. The van der Waals surface area contributed by atoms with Gasteiger partial charge < -0.3 is 10.4 Å². The molecule has 2 bridgehead atoms. The van der Waals surface area contributed by atoms with Crippen molar-refractivity contribution >= 4 is 5.97 Å². The summed E-state index contributed by atoms with van der Waals surface area (Å²) < 4.78 is 0. The number of hydrogen-bond donors (Lipinski definition) is 2. The smallest absolute Gasteiger partial charge is 0.306 e. The quantitative estimate of drug-likeness (QED) is 0.709. The Labute approximate surface area is 117 Å². The zero-order valence-corrected chi connectivity index (χ0v) is 12.4. The van der Waals surface area contributed by atoms with E-state index >= 15 is 0 Å². The van der Waals surface area contributed by atoms with Gasteiger partial charge in [-0.3, -0.25) is 4.79 Å². The van der Waals surface area contributed by atoms with E-state index in [1.807, 2.05) is 0 Å². The van der Waals surface area contributed by atoms with Gasteiger partial charge >= 0.3 is 5.97 Å². The van der Waals surface area contributed by atoms with Crippen LogP contribution in [-0.2, 0) is 4.79 Å². The van der Waals surface area contributed by atoms with Crippen molar-refractivity contribution in [3.63, 3.8) is 0 Å². The molecule has 0 aromatic rings. The molecule has 0 aromatic heterocycles. The average Bonchev–Trinajstić information content (AvgIpc) is 2.98. The molecule has 0 aromatic carbocycles. The summed E-state index contributed by atoms with van der Waals surface area (Å²) >= 11 is 0. The third-order valence-corrected chi connectivity index (χ3v) is 5.31. The van der Waals surface area contributed by atoms with Gasteiger partial charge in [0.25, 0.3) is 0 Å². The Morgan fingerprint density at radius 2 is 2.05 bits per heavy atom. The number of fused-ring (bicyclic) bond motifs is 2. The Morgan fingerprint density at radius 3 is 2.63 bits per heavy atom. The lowest BCUT2D eigenvalue weighted by Crippen LogP contribution is -2.33. The summed E-state index contributed by atoms with van der Waals surface area (Å²) in [5.41, 5.74) is 0. The molecule has 2 aliphatic rings. The van der Waals surface area contributed by atoms with Gasteiger partial charge in [-0.25, -0.2) is 0 Å². The van der Waals surface area contributed by atoms with E-state index in [0.717, 1.165) is 37.0 Å². The molecular formula is C16H29NO2. The van der Waals surface area contributed by atoms with Gasteiger partial charge in [0.1, 0.15) is 0 Å². The number of hydrogen-bond acceptors (Lipinski definition) is 2. The molecule has 2 saturated carbocycles. The van der Waals surface area contributed by atoms with Crippen LogP contribution < -0.4 is 5.32 Å². The molecule has 2 fully saturated rings. The van der Waals surface area contributed by atoms with Crippen molar-refractivity contribution in [1.29, 1.82) is 0 Å². The molecule has 2 rings (SSSR count). The van der Waals surface area contributed by atoms with E-state index in [2.05, 4.69) is 12.2 Å². The third-order valence-electron chi connectivity index (χ3n) is 5.31. The summed E-state index contributed by atoms with van der Waals surface area (Å²) in [6, 6.07) is 0.528. The number of carboxylic acid groups (broad SMARTS) is 1. The lowest BCUT2D eigenvalue weighted by molar-refractivity contribution is -0.141. The first-order valence-corrected chi connectivity index (χ1v) is 8.02. The largest absolute Gasteiger partial charge is 0.481 e. The summed E-state index contributed by atoms with van der Waals surface area (Å²) in [6.07, 6.45) is 8.77. The summed E-state index contributed by atoms with van der Waals surface area (Å²) in [6.45, 7) is 5.21. The zero-order chi connectivity index (χ0) is 13.8. The van der Waals surface area contributed by atoms with Gasteiger partial charge in [-0.15, -0.1) is 0 Å². The third kappa shape index (κ3) is 4.20. The highest BCUT2D eigenvalue weighted by molar-refractivity contribution is 5.69. The molecule has 2 N–H and O–H groups in total. The van der Waals surface area contributed by atoms with Gasteiger partial charge in [0.15, 0.2) is 0 Å². The van der Waals surface area contributed by atoms with Gasteiger partial charge in [0.05, 0.1) is 5.92 Å². The summed E-state index contributed by atoms with van der Waals surface area (Å²) in [5.74, 6) is 2.08. The Kier molecular flexibility index (Phi) is 5.26. The standard InChI is InChI=1S/C16H29NO2/c1-11(16(18)19)4-3-5-12(2)17-10-15-9-13-6-7-14(15)8-13/h11-15,17H,3-10H2,1-2H3,(H,18,19). The van der Waals surface area contributed by atoms with Gasteiger partial charge in [-0.1, -0.05) is 19.8 Å². The molecule has 2 aliphatic carbocycles. The fourth-order valence-electron chi connectivity index (χ4n) is 3.93. The van der Waals surface area contributed by atoms with E-state index < -0.39 is 5.97 Å². The summed E-state index contributed by atoms with van der Waals surface area (Å²) in [7, 11) is 0. The van der Waals surface area contributed by atoms with Crippen molar-refractivity contribution in [1.82, 2.24) is 5.32 Å². The second-order valence-corrected chi connectivity index (χ2v) is 6.91. The minimum Gasteiger partial charge on any atom is -0.481 e. The van der Waals surface area contributed by atoms with Crippen LogP contribution in [0.15, 0.2) is 0 Å². The molecule has 5 atom stereocenters. The van der Waals surface area contributed by atoms with E-state index in [0.29, 0.717) is 6.04 Å². The number of rotatable bonds is 8. The molecule has 0 aliphatic heterocycles. The van der Waals surface area contributed by atoms with Crippen molar-refractivity contribution in [3.8, 4) is 0 Å². The fraction of sp³-hybridized carbons (Fsp3) is 0.938. The van der Waals surface area contributed by atoms with Crippen molar-refractivity contribution in [2.24, 2.45) is 23.7 Å². The average molecular weight is 267 g/mol. The molecule has 5 unspecified atom stereocenters. The van der Waals surface area contributed by atoms with Gasteiger partial charge in [0.2, 0.25) is 0 Å². The summed E-state index contributed by atoms with van der Waals surface area (Å²) in [4.78, 5) is 10.7. The highest BCUT2D eigenvalue weighted by atomic mass is 16.4. The molecule has 110 valence electrons. The fourth-order valence-corrected chi connectivity index (χ4v) is 3.93. The maximum atomic E-state index is 10.7. The second-order valence-electron chi connectivity index (χ2n) is 6.91. The van der Waals surface area contributed by atoms with E-state index in [4.69, 9.17) is 5.11 Å². The van der Waals surface area contributed by atoms with Crippen LogP contribution in [-0.4, -0.2) is 23.7 Å². The molecule has 19 heavy (non-hydrogen) atoms. The Morgan fingerprint density at radius 1 is 1.26 bits per heavy atom. The van der Waals surface area contributed by atoms with Crippen LogP contribution in [0.3, 0.4) is 0 Å². The van der Waals surface area contributed by atoms with Crippen LogP contribution in [0.1, 0.15) is 58.8 Å². The lowest BCUT2D eigenvalue weighted by Gasteiger charge is -2.24. The summed E-state index contributed by atoms with van der Waals surface area (Å²) in [5, 5.41) is 12.5. The van der Waals surface area contributed by atoms with Gasteiger partial charge in [-0.2, -0.15) is 0 Å². The van der Waals surface area contributed by atoms with Crippen molar-refractivity contribution < 1.29 is 9.90 Å². The van der Waals surface area contributed by atoms with E-state index in [1.165, 1.54) is 32.2 Å². The van der Waals surface area contributed by atoms with Gasteiger partial charge in [-0.05, 0) is 63.3 Å². The van der Waals surface area contributed by atoms with E-state index in [9.17, 15) is 4.79 Å². The van der Waals surface area contributed by atoms with Crippen LogP contribution in [0.5, 0.6) is 0 Å². The SMILES string of the molecule is CC(CCCC(C)C(=O)O)NCC1CC2CCC1C2. The van der Waals surface area contributed by atoms with Crippen molar-refractivity contribution in [2.75, 3.05) is 6.54 Å². The predicted octanol–water partition coefficient (Wildman–Crippen LogP) is 3.29. The van der Waals surface area contributed by atoms with Crippen LogP contribution >= 0.6 is 0 Å². The predicted molar refractivity (Wildman–Crippen MR) is 77.1 cm³/mol. The molecule has 0 amide bonds. The van der Waals surface area contributed by atoms with Gasteiger partial charge in [0, 0.05) is 6.04 Å². The van der Waals surface area contributed by atoms with Crippen LogP contribution in [0.2, 0.25) is 0 Å². The maximum absolute atomic E-state index is 10.7. The van der Waals surface area contributed by atoms with E-state index in [1.54, 1.807) is 6.92 Å². The minimum absolute atomic E-state index is 0.197. The molecule has 0 radical (unpaired) electrons. The molecule has 0 heterocycles. The van der Waals surface area contributed by atoms with Crippen molar-refractivity contribution in [2.45, 2.75) is 64.8 Å². The normalized spacial score (nSPS) is 32.4. The molecule has 3 heteroatoms. The van der Waals surface area contributed by atoms with Crippen LogP contribution in [0, 0.1) is 23.7 Å². The molecular weight excluding hydrogens is 238 g/mol. The highest BCUT2D eigenvalue weighted by Gasteiger charge is 2.38. The number of carboxylic acids is 1. The first-order chi connectivity index (χ1) is 9.06. The first-order valence-electron chi connectivity index (χ1n) is 8.02. The highest BCUT2D eigenvalue weighted by Crippen LogP contribution is 2.47. The number of nitrogens with one attached hydrogen (secondary N) is 1. The maximum Gasteiger partial charge on any atom is 0.306 e. The molecule has 0 saturated heterocycles. The second kappa shape index (κ2) is 6.74. The number of aliphatic carboxylic acids is 1. The van der Waals surface area contributed by atoms with Crippen LogP contribution in [0.4, 0.5) is 0 Å². The van der Waals surface area contributed by atoms with Crippen LogP contribution in [0.25, 0.3) is 0 Å². The Balaban J connectivity index is 1.55. The monoisotopic (exact) mass is 267 g/mol. The Hall–Kier alpha value is -0.570.